The Morgan fingerprint density at radius 3 is 2.53 bits per heavy atom. The molecule has 2 aromatic carbocycles. The van der Waals surface area contributed by atoms with Crippen LogP contribution in [0.3, 0.4) is 0 Å². The van der Waals surface area contributed by atoms with Gasteiger partial charge in [0.2, 0.25) is 0 Å². The fraction of sp³-hybridized carbons (Fsp3) is 0.133. The average Bonchev–Trinajstić information content (AvgIpc) is 2.46. The largest absolute Gasteiger partial charge is 0.497 e. The van der Waals surface area contributed by atoms with Gasteiger partial charge in [-0.2, -0.15) is 0 Å². The summed E-state index contributed by atoms with van der Waals surface area (Å²) in [5.74, 6) is 0.294. The van der Waals surface area contributed by atoms with E-state index in [0.717, 1.165) is 16.9 Å². The molecular weight excluding hydrogens is 242 g/mol. The number of benzene rings is 2. The minimum atomic E-state index is -0.442. The number of anilines is 1. The van der Waals surface area contributed by atoms with Gasteiger partial charge in [0.15, 0.2) is 0 Å². The highest BCUT2D eigenvalue weighted by Gasteiger charge is 2.13. The van der Waals surface area contributed by atoms with Gasteiger partial charge in [0.25, 0.3) is 0 Å². The van der Waals surface area contributed by atoms with Crippen molar-refractivity contribution in [1.82, 2.24) is 0 Å². The van der Waals surface area contributed by atoms with E-state index in [1.54, 1.807) is 19.2 Å². The molecule has 0 bridgehead atoms. The first kappa shape index (κ1) is 13.0. The van der Waals surface area contributed by atoms with Crippen LogP contribution < -0.4 is 10.5 Å². The van der Waals surface area contributed by atoms with E-state index in [2.05, 4.69) is 0 Å². The molecule has 2 rings (SSSR count). The smallest absolute Gasteiger partial charge is 0.339 e. The summed E-state index contributed by atoms with van der Waals surface area (Å²) in [6.45, 7) is 0. The van der Waals surface area contributed by atoms with Crippen molar-refractivity contribution >= 4 is 11.7 Å². The van der Waals surface area contributed by atoms with Crippen LogP contribution in [0.2, 0.25) is 0 Å². The predicted octanol–water partition coefficient (Wildman–Crippen LogP) is 2.73. The van der Waals surface area contributed by atoms with Gasteiger partial charge in [-0.3, -0.25) is 0 Å². The van der Waals surface area contributed by atoms with E-state index in [0.29, 0.717) is 11.3 Å². The fourth-order valence-electron chi connectivity index (χ4n) is 1.90. The maximum absolute atomic E-state index is 11.6. The SMILES string of the molecule is COC(=O)c1cccc(-c2cccc(OC)c2)c1N. The number of esters is 1. The van der Waals surface area contributed by atoms with Crippen molar-refractivity contribution in [1.29, 1.82) is 0 Å². The van der Waals surface area contributed by atoms with Gasteiger partial charge < -0.3 is 15.2 Å². The molecule has 0 unspecified atom stereocenters. The quantitative estimate of drug-likeness (QED) is 0.678. The first-order chi connectivity index (χ1) is 9.17. The molecule has 19 heavy (non-hydrogen) atoms. The number of hydrogen-bond donors (Lipinski definition) is 1. The molecule has 0 aliphatic rings. The number of rotatable bonds is 3. The lowest BCUT2D eigenvalue weighted by Gasteiger charge is -2.10. The molecule has 4 heteroatoms. The lowest BCUT2D eigenvalue weighted by Crippen LogP contribution is -2.06. The van der Waals surface area contributed by atoms with Crippen molar-refractivity contribution in [3.63, 3.8) is 0 Å². The summed E-state index contributed by atoms with van der Waals surface area (Å²) in [7, 11) is 2.94. The van der Waals surface area contributed by atoms with Crippen molar-refractivity contribution < 1.29 is 14.3 Å². The molecule has 0 radical (unpaired) electrons. The number of ether oxygens (including phenoxy) is 2. The fourth-order valence-corrected chi connectivity index (χ4v) is 1.90. The highest BCUT2D eigenvalue weighted by molar-refractivity contribution is 5.99. The van der Waals surface area contributed by atoms with E-state index in [9.17, 15) is 4.79 Å². The van der Waals surface area contributed by atoms with Gasteiger partial charge in [0.05, 0.1) is 25.5 Å². The Balaban J connectivity index is 2.53. The molecule has 0 heterocycles. The van der Waals surface area contributed by atoms with Crippen LogP contribution in [-0.2, 0) is 4.74 Å². The second-order valence-electron chi connectivity index (χ2n) is 3.99. The second kappa shape index (κ2) is 5.44. The molecule has 98 valence electrons. The van der Waals surface area contributed by atoms with Gasteiger partial charge in [-0.05, 0) is 23.8 Å². The summed E-state index contributed by atoms with van der Waals surface area (Å²) in [6.07, 6.45) is 0. The second-order valence-corrected chi connectivity index (χ2v) is 3.99. The molecule has 2 aromatic rings. The van der Waals surface area contributed by atoms with E-state index < -0.39 is 5.97 Å². The minimum Gasteiger partial charge on any atom is -0.497 e. The first-order valence-corrected chi connectivity index (χ1v) is 5.78. The number of nitrogen functional groups attached to an aromatic ring is 1. The molecule has 0 saturated heterocycles. The lowest BCUT2D eigenvalue weighted by atomic mass is 10.00. The summed E-state index contributed by atoms with van der Waals surface area (Å²) >= 11 is 0. The molecule has 0 amide bonds. The molecule has 0 spiro atoms. The minimum absolute atomic E-state index is 0.364. The molecule has 0 saturated carbocycles. The summed E-state index contributed by atoms with van der Waals surface area (Å²) in [6, 6.07) is 12.8. The Kier molecular flexibility index (Phi) is 3.71. The molecule has 0 aliphatic carbocycles. The van der Waals surface area contributed by atoms with Gasteiger partial charge in [-0.1, -0.05) is 24.3 Å². The van der Waals surface area contributed by atoms with Crippen LogP contribution in [0, 0.1) is 0 Å². The molecule has 0 fully saturated rings. The molecule has 0 atom stereocenters. The van der Waals surface area contributed by atoms with E-state index >= 15 is 0 Å². The number of carbonyl (C=O) groups excluding carboxylic acids is 1. The Hall–Kier alpha value is -2.49. The number of hydrogen-bond acceptors (Lipinski definition) is 4. The lowest BCUT2D eigenvalue weighted by molar-refractivity contribution is 0.0602. The van der Waals surface area contributed by atoms with Crippen molar-refractivity contribution in [3.05, 3.63) is 48.0 Å². The summed E-state index contributed by atoms with van der Waals surface area (Å²) in [5.41, 5.74) is 8.48. The normalized spacial score (nSPS) is 10.0. The van der Waals surface area contributed by atoms with Crippen LogP contribution in [0.1, 0.15) is 10.4 Å². The van der Waals surface area contributed by atoms with E-state index in [1.807, 2.05) is 30.3 Å². The number of nitrogens with two attached hydrogens (primary N) is 1. The van der Waals surface area contributed by atoms with E-state index in [1.165, 1.54) is 7.11 Å². The van der Waals surface area contributed by atoms with Gasteiger partial charge in [0.1, 0.15) is 5.75 Å². The molecule has 0 aromatic heterocycles. The topological polar surface area (TPSA) is 61.5 Å². The van der Waals surface area contributed by atoms with Crippen LogP contribution in [0.25, 0.3) is 11.1 Å². The molecular formula is C15H15NO3. The maximum Gasteiger partial charge on any atom is 0.339 e. The zero-order chi connectivity index (χ0) is 13.8. The highest BCUT2D eigenvalue weighted by atomic mass is 16.5. The van der Waals surface area contributed by atoms with Gasteiger partial charge >= 0.3 is 5.97 Å². The predicted molar refractivity (Wildman–Crippen MR) is 74.2 cm³/mol. The van der Waals surface area contributed by atoms with Crippen LogP contribution in [-0.4, -0.2) is 20.2 Å². The van der Waals surface area contributed by atoms with Crippen LogP contribution in [0.5, 0.6) is 5.75 Å². The third-order valence-corrected chi connectivity index (χ3v) is 2.89. The van der Waals surface area contributed by atoms with Crippen molar-refractivity contribution in [2.45, 2.75) is 0 Å². The Morgan fingerprint density at radius 2 is 1.84 bits per heavy atom. The molecule has 2 N–H and O–H groups in total. The highest BCUT2D eigenvalue weighted by Crippen LogP contribution is 2.31. The summed E-state index contributed by atoms with van der Waals surface area (Å²) in [5, 5.41) is 0. The van der Waals surface area contributed by atoms with Crippen molar-refractivity contribution in [2.75, 3.05) is 20.0 Å². The zero-order valence-electron chi connectivity index (χ0n) is 10.8. The third kappa shape index (κ3) is 2.52. The van der Waals surface area contributed by atoms with Gasteiger partial charge in [-0.25, -0.2) is 4.79 Å². The Labute approximate surface area is 111 Å². The van der Waals surface area contributed by atoms with Crippen molar-refractivity contribution in [3.8, 4) is 16.9 Å². The number of carbonyl (C=O) groups is 1. The summed E-state index contributed by atoms with van der Waals surface area (Å²) < 4.78 is 9.89. The monoisotopic (exact) mass is 257 g/mol. The van der Waals surface area contributed by atoms with E-state index in [-0.39, 0.29) is 0 Å². The Morgan fingerprint density at radius 1 is 1.11 bits per heavy atom. The van der Waals surface area contributed by atoms with Crippen LogP contribution in [0.4, 0.5) is 5.69 Å². The maximum atomic E-state index is 11.6. The van der Waals surface area contributed by atoms with Crippen molar-refractivity contribution in [2.24, 2.45) is 0 Å². The Bertz CT molecular complexity index is 608. The molecule has 4 nitrogen and oxygen atoms in total. The number of para-hydroxylation sites is 1. The third-order valence-electron chi connectivity index (χ3n) is 2.89. The van der Waals surface area contributed by atoms with Gasteiger partial charge in [0, 0.05) is 5.56 Å². The van der Waals surface area contributed by atoms with E-state index in [4.69, 9.17) is 15.2 Å². The zero-order valence-corrected chi connectivity index (χ0v) is 10.8. The van der Waals surface area contributed by atoms with Gasteiger partial charge in [-0.15, -0.1) is 0 Å². The molecule has 0 aliphatic heterocycles. The average molecular weight is 257 g/mol. The standard InChI is InChI=1S/C15H15NO3/c1-18-11-6-3-5-10(9-11)12-7-4-8-13(14(12)16)15(17)19-2/h3-9H,16H2,1-2H3. The summed E-state index contributed by atoms with van der Waals surface area (Å²) in [4.78, 5) is 11.6. The number of methoxy groups -OCH3 is 2. The van der Waals surface area contributed by atoms with Crippen LogP contribution >= 0.6 is 0 Å². The van der Waals surface area contributed by atoms with Crippen LogP contribution in [0.15, 0.2) is 42.5 Å². The first-order valence-electron chi connectivity index (χ1n) is 5.78.